The molecule has 3 aromatic carbocycles. The fourth-order valence-corrected chi connectivity index (χ4v) is 5.24. The summed E-state index contributed by atoms with van der Waals surface area (Å²) in [5.41, 5.74) is 2.55. The van der Waals surface area contributed by atoms with Crippen LogP contribution in [0.4, 0.5) is 5.69 Å². The van der Waals surface area contributed by atoms with Gasteiger partial charge in [0.2, 0.25) is 11.8 Å². The Labute approximate surface area is 227 Å². The van der Waals surface area contributed by atoms with Gasteiger partial charge in [-0.15, -0.1) is 5.10 Å². The summed E-state index contributed by atoms with van der Waals surface area (Å²) in [5, 5.41) is 11.6. The van der Waals surface area contributed by atoms with E-state index in [0.29, 0.717) is 28.3 Å². The molecule has 2 amide bonds. The molecule has 5 rings (SSSR count). The molecule has 9 nitrogen and oxygen atoms in total. The molecule has 1 N–H and O–H groups in total. The Bertz CT molecular complexity index is 1430. The van der Waals surface area contributed by atoms with Gasteiger partial charge in [-0.25, -0.2) is 4.68 Å². The summed E-state index contributed by atoms with van der Waals surface area (Å²) in [6.45, 7) is -0.102. The van der Waals surface area contributed by atoms with Crippen LogP contribution in [-0.4, -0.2) is 47.1 Å². The van der Waals surface area contributed by atoms with Crippen molar-refractivity contribution in [1.29, 1.82) is 0 Å². The highest BCUT2D eigenvalue weighted by atomic mass is 16.5. The minimum Gasteiger partial charge on any atom is -0.497 e. The molecule has 1 unspecified atom stereocenters. The quantitative estimate of drug-likeness (QED) is 0.340. The monoisotopic (exact) mass is 527 g/mol. The largest absolute Gasteiger partial charge is 0.497 e. The number of hydrogen-bond donors (Lipinski definition) is 1. The molecule has 39 heavy (non-hydrogen) atoms. The average molecular weight is 528 g/mol. The van der Waals surface area contributed by atoms with Gasteiger partial charge in [-0.1, -0.05) is 54.8 Å². The molecule has 9 heteroatoms. The van der Waals surface area contributed by atoms with Crippen molar-refractivity contribution >= 4 is 28.5 Å². The number of carbonyl (C=O) groups is 2. The second-order valence-electron chi connectivity index (χ2n) is 9.69. The molecule has 0 radical (unpaired) electrons. The van der Waals surface area contributed by atoms with Gasteiger partial charge < -0.3 is 14.8 Å². The van der Waals surface area contributed by atoms with E-state index in [1.54, 1.807) is 37.1 Å². The number of carbonyl (C=O) groups excluding carboxylic acids is 2. The van der Waals surface area contributed by atoms with Crippen molar-refractivity contribution in [2.24, 2.45) is 0 Å². The van der Waals surface area contributed by atoms with E-state index in [1.807, 2.05) is 54.6 Å². The van der Waals surface area contributed by atoms with Crippen LogP contribution in [0.25, 0.3) is 11.0 Å². The van der Waals surface area contributed by atoms with E-state index in [0.717, 1.165) is 31.2 Å². The fourth-order valence-electron chi connectivity index (χ4n) is 5.24. The van der Waals surface area contributed by atoms with Gasteiger partial charge in [0.25, 0.3) is 0 Å². The minimum atomic E-state index is -1.01. The average Bonchev–Trinajstić information content (AvgIpc) is 3.38. The zero-order valence-corrected chi connectivity index (χ0v) is 22.2. The highest BCUT2D eigenvalue weighted by molar-refractivity contribution is 6.02. The first kappa shape index (κ1) is 26.2. The molecule has 0 bridgehead atoms. The lowest BCUT2D eigenvalue weighted by atomic mass is 9.94. The molecule has 4 aromatic rings. The third-order valence-electron chi connectivity index (χ3n) is 7.20. The molecule has 202 valence electrons. The van der Waals surface area contributed by atoms with Crippen molar-refractivity contribution in [1.82, 2.24) is 20.3 Å². The number of anilines is 1. The lowest BCUT2D eigenvalue weighted by Crippen LogP contribution is -2.48. The van der Waals surface area contributed by atoms with Gasteiger partial charge in [0, 0.05) is 17.3 Å². The normalized spacial score (nSPS) is 14.5. The van der Waals surface area contributed by atoms with E-state index in [1.165, 1.54) is 11.3 Å². The van der Waals surface area contributed by atoms with Crippen LogP contribution in [0, 0.1) is 0 Å². The van der Waals surface area contributed by atoms with Gasteiger partial charge in [0.1, 0.15) is 29.6 Å². The van der Waals surface area contributed by atoms with Crippen molar-refractivity contribution in [2.45, 2.75) is 50.7 Å². The summed E-state index contributed by atoms with van der Waals surface area (Å²) in [7, 11) is 3.12. The van der Waals surface area contributed by atoms with E-state index in [2.05, 4.69) is 15.6 Å². The van der Waals surface area contributed by atoms with Crippen LogP contribution in [0.2, 0.25) is 0 Å². The van der Waals surface area contributed by atoms with Crippen LogP contribution in [0.5, 0.6) is 11.5 Å². The van der Waals surface area contributed by atoms with Crippen molar-refractivity contribution < 1.29 is 19.1 Å². The van der Waals surface area contributed by atoms with Gasteiger partial charge in [-0.3, -0.25) is 14.5 Å². The van der Waals surface area contributed by atoms with Gasteiger partial charge >= 0.3 is 0 Å². The Balaban J connectivity index is 1.60. The Morgan fingerprint density at radius 3 is 2.46 bits per heavy atom. The van der Waals surface area contributed by atoms with Crippen LogP contribution in [0.1, 0.15) is 43.7 Å². The van der Waals surface area contributed by atoms with Crippen molar-refractivity contribution in [3.63, 3.8) is 0 Å². The van der Waals surface area contributed by atoms with Crippen LogP contribution in [0.15, 0.2) is 72.8 Å². The lowest BCUT2D eigenvalue weighted by molar-refractivity contribution is -0.127. The van der Waals surface area contributed by atoms with E-state index in [-0.39, 0.29) is 24.4 Å². The molecular weight excluding hydrogens is 494 g/mol. The van der Waals surface area contributed by atoms with Crippen LogP contribution in [-0.2, 0) is 16.1 Å². The minimum absolute atomic E-state index is 0.0531. The molecule has 1 saturated carbocycles. The summed E-state index contributed by atoms with van der Waals surface area (Å²) in [6, 6.07) is 21.0. The maximum atomic E-state index is 14.2. The second kappa shape index (κ2) is 12.0. The number of nitrogens with zero attached hydrogens (tertiary/aromatic N) is 4. The molecule has 1 aromatic heterocycles. The molecule has 0 saturated heterocycles. The predicted octanol–water partition coefficient (Wildman–Crippen LogP) is 4.67. The standard InChI is InChI=1S/C30H33N5O4/c1-38-23-17-18-27(39-2)24(19-23)29(30(37)31-21-11-5-3-6-12-21)35(22-13-7-4-8-14-22)28(36)20-34-26-16-10-9-15-25(26)32-33-34/h4,7-10,13-19,21,29H,3,5-6,11-12,20H2,1-2H3,(H,31,37). The third kappa shape index (κ3) is 5.72. The maximum absolute atomic E-state index is 14.2. The molecule has 1 aliphatic rings. The predicted molar refractivity (Wildman–Crippen MR) is 149 cm³/mol. The number of aromatic nitrogens is 3. The van der Waals surface area contributed by atoms with Crippen molar-refractivity contribution in [3.05, 3.63) is 78.4 Å². The Kier molecular flexibility index (Phi) is 8.05. The first-order chi connectivity index (χ1) is 19.1. The smallest absolute Gasteiger partial charge is 0.249 e. The summed E-state index contributed by atoms with van der Waals surface area (Å²) in [5.74, 6) is 0.461. The number of nitrogens with one attached hydrogen (secondary N) is 1. The lowest BCUT2D eigenvalue weighted by Gasteiger charge is -2.34. The maximum Gasteiger partial charge on any atom is 0.249 e. The van der Waals surface area contributed by atoms with Gasteiger partial charge in [0.05, 0.1) is 19.7 Å². The van der Waals surface area contributed by atoms with Crippen LogP contribution < -0.4 is 19.7 Å². The van der Waals surface area contributed by atoms with Crippen molar-refractivity contribution in [2.75, 3.05) is 19.1 Å². The number of methoxy groups -OCH3 is 2. The summed E-state index contributed by atoms with van der Waals surface area (Å²) >= 11 is 0. The van der Waals surface area contributed by atoms with E-state index < -0.39 is 6.04 Å². The molecule has 1 heterocycles. The highest BCUT2D eigenvalue weighted by Crippen LogP contribution is 2.36. The summed E-state index contributed by atoms with van der Waals surface area (Å²) < 4.78 is 12.8. The Morgan fingerprint density at radius 2 is 1.72 bits per heavy atom. The number of hydrogen-bond acceptors (Lipinski definition) is 6. The Hall–Kier alpha value is -4.40. The first-order valence-corrected chi connectivity index (χ1v) is 13.3. The number of para-hydroxylation sites is 2. The molecular formula is C30H33N5O4. The van der Waals surface area contributed by atoms with Gasteiger partial charge in [-0.05, 0) is 55.3 Å². The summed E-state index contributed by atoms with van der Waals surface area (Å²) in [4.78, 5) is 29.9. The Morgan fingerprint density at radius 1 is 0.974 bits per heavy atom. The number of ether oxygens (including phenoxy) is 2. The van der Waals surface area contributed by atoms with Gasteiger partial charge in [-0.2, -0.15) is 0 Å². The molecule has 1 fully saturated rings. The molecule has 1 atom stereocenters. The second-order valence-corrected chi connectivity index (χ2v) is 9.69. The molecule has 1 aliphatic carbocycles. The number of amides is 2. The summed E-state index contributed by atoms with van der Waals surface area (Å²) in [6.07, 6.45) is 5.13. The number of benzene rings is 3. The van der Waals surface area contributed by atoms with E-state index in [9.17, 15) is 9.59 Å². The number of rotatable bonds is 9. The SMILES string of the molecule is COc1ccc(OC)c(C(C(=O)NC2CCCCC2)N(C(=O)Cn2nnc3ccccc32)c2ccccc2)c1. The molecule has 0 aliphatic heterocycles. The highest BCUT2D eigenvalue weighted by Gasteiger charge is 2.36. The zero-order valence-electron chi connectivity index (χ0n) is 22.2. The topological polar surface area (TPSA) is 98.6 Å². The van der Waals surface area contributed by atoms with Gasteiger partial charge in [0.15, 0.2) is 0 Å². The van der Waals surface area contributed by atoms with Crippen LogP contribution in [0.3, 0.4) is 0 Å². The van der Waals surface area contributed by atoms with E-state index in [4.69, 9.17) is 9.47 Å². The fraction of sp³-hybridized carbons (Fsp3) is 0.333. The van der Waals surface area contributed by atoms with Crippen LogP contribution >= 0.6 is 0 Å². The first-order valence-electron chi connectivity index (χ1n) is 13.3. The zero-order chi connectivity index (χ0) is 27.2. The van der Waals surface area contributed by atoms with E-state index >= 15 is 0 Å². The van der Waals surface area contributed by atoms with Crippen molar-refractivity contribution in [3.8, 4) is 11.5 Å². The molecule has 0 spiro atoms. The number of fused-ring (bicyclic) bond motifs is 1. The third-order valence-corrected chi connectivity index (χ3v) is 7.20.